The summed E-state index contributed by atoms with van der Waals surface area (Å²) in [7, 11) is 0. The molecule has 1 atom stereocenters. The lowest BCUT2D eigenvalue weighted by atomic mass is 10.3. The molecule has 0 bridgehead atoms. The molecule has 0 aliphatic carbocycles. The Morgan fingerprint density at radius 2 is 1.88 bits per heavy atom. The van der Waals surface area contributed by atoms with Gasteiger partial charge in [0.1, 0.15) is 5.75 Å². The van der Waals surface area contributed by atoms with Crippen LogP contribution in [0.25, 0.3) is 0 Å². The van der Waals surface area contributed by atoms with Crippen molar-refractivity contribution in [3.63, 3.8) is 0 Å². The van der Waals surface area contributed by atoms with E-state index in [1.54, 1.807) is 24.3 Å². The highest BCUT2D eigenvalue weighted by Gasteiger charge is 2.18. The molecule has 0 aliphatic rings. The summed E-state index contributed by atoms with van der Waals surface area (Å²) in [6.45, 7) is 0.902. The maximum atomic E-state index is 11.8. The first kappa shape index (κ1) is 18.3. The minimum Gasteiger partial charge on any atom is -0.479 e. The van der Waals surface area contributed by atoms with Gasteiger partial charge in [-0.15, -0.1) is 0 Å². The van der Waals surface area contributed by atoms with Crippen LogP contribution in [-0.2, 0) is 14.3 Å². The molecule has 2 amide bonds. The molecule has 132 valence electrons. The number of hydrogen-bond donors (Lipinski definition) is 2. The molecule has 0 radical (unpaired) electrons. The quantitative estimate of drug-likeness (QED) is 0.595. The second-order valence-corrected chi connectivity index (χ2v) is 5.24. The molecule has 8 nitrogen and oxygen atoms in total. The van der Waals surface area contributed by atoms with Gasteiger partial charge in [0.25, 0.3) is 5.91 Å². The molecular formula is C16H15ClN2O6. The van der Waals surface area contributed by atoms with Gasteiger partial charge in [0.05, 0.1) is 6.26 Å². The van der Waals surface area contributed by atoms with E-state index < -0.39 is 30.5 Å². The molecule has 0 aliphatic heterocycles. The summed E-state index contributed by atoms with van der Waals surface area (Å²) in [5.41, 5.74) is 4.21. The summed E-state index contributed by atoms with van der Waals surface area (Å²) in [4.78, 5) is 34.9. The van der Waals surface area contributed by atoms with Gasteiger partial charge in [-0.05, 0) is 43.3 Å². The number of amides is 2. The van der Waals surface area contributed by atoms with Crippen LogP contribution in [0.3, 0.4) is 0 Å². The van der Waals surface area contributed by atoms with Crippen LogP contribution in [0, 0.1) is 0 Å². The largest absolute Gasteiger partial charge is 0.479 e. The molecule has 2 aromatic rings. The molecule has 0 saturated heterocycles. The average molecular weight is 367 g/mol. The van der Waals surface area contributed by atoms with E-state index in [2.05, 4.69) is 10.9 Å². The van der Waals surface area contributed by atoms with E-state index in [1.807, 2.05) is 0 Å². The van der Waals surface area contributed by atoms with Crippen molar-refractivity contribution in [2.24, 2.45) is 0 Å². The minimum atomic E-state index is -0.924. The summed E-state index contributed by atoms with van der Waals surface area (Å²) in [6, 6.07) is 9.39. The van der Waals surface area contributed by atoms with Gasteiger partial charge in [0.15, 0.2) is 18.5 Å². The van der Waals surface area contributed by atoms with E-state index in [0.29, 0.717) is 10.8 Å². The first-order valence-electron chi connectivity index (χ1n) is 7.17. The first-order valence-corrected chi connectivity index (χ1v) is 7.55. The summed E-state index contributed by atoms with van der Waals surface area (Å²) >= 11 is 5.75. The fourth-order valence-electron chi connectivity index (χ4n) is 1.65. The zero-order valence-corrected chi connectivity index (χ0v) is 13.9. The molecule has 0 fully saturated rings. The Balaban J connectivity index is 1.70. The molecule has 1 aromatic carbocycles. The van der Waals surface area contributed by atoms with Crippen LogP contribution in [0.4, 0.5) is 0 Å². The molecule has 0 saturated carbocycles. The number of rotatable bonds is 6. The second-order valence-electron chi connectivity index (χ2n) is 4.80. The number of nitrogens with one attached hydrogen (secondary N) is 2. The Morgan fingerprint density at radius 1 is 1.16 bits per heavy atom. The highest BCUT2D eigenvalue weighted by atomic mass is 35.5. The lowest BCUT2D eigenvalue weighted by Crippen LogP contribution is -2.44. The number of furan rings is 1. The number of esters is 1. The number of ether oxygens (including phenoxy) is 2. The van der Waals surface area contributed by atoms with E-state index in [9.17, 15) is 14.4 Å². The maximum Gasteiger partial charge on any atom is 0.347 e. The molecule has 0 unspecified atom stereocenters. The number of hydrazine groups is 1. The third-order valence-corrected chi connectivity index (χ3v) is 3.12. The molecular weight excluding hydrogens is 352 g/mol. The standard InChI is InChI=1S/C16H15ClN2O6/c1-10(25-12-6-4-11(17)5-7-12)16(22)24-9-14(20)18-19-15(21)13-3-2-8-23-13/h2-8,10H,9H2,1H3,(H,18,20)(H,19,21)/t10-/m0/s1. The maximum absolute atomic E-state index is 11.8. The fourth-order valence-corrected chi connectivity index (χ4v) is 1.78. The SMILES string of the molecule is C[C@H](Oc1ccc(Cl)cc1)C(=O)OCC(=O)NNC(=O)c1ccco1. The highest BCUT2D eigenvalue weighted by molar-refractivity contribution is 6.30. The van der Waals surface area contributed by atoms with Crippen molar-refractivity contribution in [2.75, 3.05) is 6.61 Å². The first-order chi connectivity index (χ1) is 12.0. The number of benzene rings is 1. The van der Waals surface area contributed by atoms with E-state index in [1.165, 1.54) is 25.3 Å². The van der Waals surface area contributed by atoms with Crippen LogP contribution < -0.4 is 15.6 Å². The normalized spacial score (nSPS) is 11.3. The van der Waals surface area contributed by atoms with Gasteiger partial charge in [-0.25, -0.2) is 4.79 Å². The molecule has 0 spiro atoms. The summed E-state index contributed by atoms with van der Waals surface area (Å²) in [5, 5.41) is 0.538. The topological polar surface area (TPSA) is 107 Å². The Kier molecular flexibility index (Phi) is 6.41. The predicted octanol–water partition coefficient (Wildman–Crippen LogP) is 1.70. The van der Waals surface area contributed by atoms with Crippen molar-refractivity contribution in [2.45, 2.75) is 13.0 Å². The average Bonchev–Trinajstić information content (AvgIpc) is 3.14. The zero-order chi connectivity index (χ0) is 18.2. The van der Waals surface area contributed by atoms with Crippen LogP contribution in [0.1, 0.15) is 17.5 Å². The lowest BCUT2D eigenvalue weighted by molar-refractivity contribution is -0.154. The monoisotopic (exact) mass is 366 g/mol. The molecule has 2 N–H and O–H groups in total. The van der Waals surface area contributed by atoms with E-state index >= 15 is 0 Å². The van der Waals surface area contributed by atoms with Crippen molar-refractivity contribution in [3.8, 4) is 5.75 Å². The van der Waals surface area contributed by atoms with Gasteiger partial charge >= 0.3 is 11.9 Å². The van der Waals surface area contributed by atoms with Gasteiger partial charge in [-0.3, -0.25) is 20.4 Å². The minimum absolute atomic E-state index is 0.0299. The van der Waals surface area contributed by atoms with Gasteiger partial charge in [-0.2, -0.15) is 0 Å². The Bertz CT molecular complexity index is 730. The Labute approximate surface area is 148 Å². The lowest BCUT2D eigenvalue weighted by Gasteiger charge is -2.14. The second kappa shape index (κ2) is 8.74. The van der Waals surface area contributed by atoms with Gasteiger partial charge < -0.3 is 13.9 Å². The summed E-state index contributed by atoms with van der Waals surface area (Å²) in [6.07, 6.45) is 0.396. The van der Waals surface area contributed by atoms with E-state index in [4.69, 9.17) is 25.5 Å². The number of carbonyl (C=O) groups is 3. The highest BCUT2D eigenvalue weighted by Crippen LogP contribution is 2.17. The summed E-state index contributed by atoms with van der Waals surface area (Å²) in [5.74, 6) is -1.62. The third-order valence-electron chi connectivity index (χ3n) is 2.86. The van der Waals surface area contributed by atoms with Crippen LogP contribution in [0.15, 0.2) is 47.1 Å². The van der Waals surface area contributed by atoms with Gasteiger partial charge in [0, 0.05) is 5.02 Å². The fraction of sp³-hybridized carbons (Fsp3) is 0.188. The van der Waals surface area contributed by atoms with Gasteiger partial charge in [-0.1, -0.05) is 11.6 Å². The molecule has 1 heterocycles. The summed E-state index contributed by atoms with van der Waals surface area (Å²) < 4.78 is 15.0. The van der Waals surface area contributed by atoms with Crippen molar-refractivity contribution in [3.05, 3.63) is 53.4 Å². The number of halogens is 1. The van der Waals surface area contributed by atoms with E-state index in [-0.39, 0.29) is 5.76 Å². The number of hydrogen-bond acceptors (Lipinski definition) is 6. The smallest absolute Gasteiger partial charge is 0.347 e. The van der Waals surface area contributed by atoms with Crippen molar-refractivity contribution in [1.29, 1.82) is 0 Å². The van der Waals surface area contributed by atoms with E-state index in [0.717, 1.165) is 0 Å². The van der Waals surface area contributed by atoms with Crippen molar-refractivity contribution in [1.82, 2.24) is 10.9 Å². The Hall–Kier alpha value is -3.00. The predicted molar refractivity (Wildman–Crippen MR) is 86.8 cm³/mol. The van der Waals surface area contributed by atoms with Crippen LogP contribution >= 0.6 is 11.6 Å². The molecule has 9 heteroatoms. The molecule has 2 rings (SSSR count). The zero-order valence-electron chi connectivity index (χ0n) is 13.2. The molecule has 1 aromatic heterocycles. The van der Waals surface area contributed by atoms with Crippen LogP contribution in [0.5, 0.6) is 5.75 Å². The van der Waals surface area contributed by atoms with Crippen molar-refractivity contribution < 1.29 is 28.3 Å². The van der Waals surface area contributed by atoms with Crippen LogP contribution in [-0.4, -0.2) is 30.5 Å². The van der Waals surface area contributed by atoms with Crippen molar-refractivity contribution >= 4 is 29.4 Å². The number of carbonyl (C=O) groups excluding carboxylic acids is 3. The Morgan fingerprint density at radius 3 is 2.52 bits per heavy atom. The third kappa shape index (κ3) is 5.85. The molecule has 25 heavy (non-hydrogen) atoms. The van der Waals surface area contributed by atoms with Crippen LogP contribution in [0.2, 0.25) is 5.02 Å². The van der Waals surface area contributed by atoms with Gasteiger partial charge in [0.2, 0.25) is 0 Å².